The maximum absolute atomic E-state index is 9.46. The number of nitriles is 1. The molecule has 124 valence electrons. The fraction of sp³-hybridized carbons (Fsp3) is 0.444. The van der Waals surface area contributed by atoms with Gasteiger partial charge < -0.3 is 10.2 Å². The number of pyridine rings is 1. The Morgan fingerprint density at radius 2 is 2.17 bits per heavy atom. The van der Waals surface area contributed by atoms with Crippen molar-refractivity contribution >= 4 is 11.6 Å². The first-order valence-corrected chi connectivity index (χ1v) is 8.24. The van der Waals surface area contributed by atoms with Gasteiger partial charge in [0.2, 0.25) is 0 Å². The molecule has 6 heteroatoms. The van der Waals surface area contributed by atoms with Crippen molar-refractivity contribution in [2.45, 2.75) is 27.2 Å². The highest BCUT2D eigenvalue weighted by Crippen LogP contribution is 2.27. The molecule has 3 rings (SSSR count). The summed E-state index contributed by atoms with van der Waals surface area (Å²) in [6.45, 7) is 8.53. The number of anilines is 2. The van der Waals surface area contributed by atoms with Crippen LogP contribution >= 0.6 is 0 Å². The number of nitrogens with zero attached hydrogens (tertiary/aromatic N) is 5. The van der Waals surface area contributed by atoms with Crippen LogP contribution < -0.4 is 10.2 Å². The van der Waals surface area contributed by atoms with Crippen LogP contribution in [0.1, 0.15) is 28.8 Å². The van der Waals surface area contributed by atoms with Crippen molar-refractivity contribution in [2.24, 2.45) is 5.92 Å². The monoisotopic (exact) mass is 322 g/mol. The zero-order chi connectivity index (χ0) is 17.1. The van der Waals surface area contributed by atoms with Crippen molar-refractivity contribution in [3.63, 3.8) is 0 Å². The topological polar surface area (TPSA) is 77.7 Å². The minimum atomic E-state index is 0.502. The number of aryl methyl sites for hydroxylation is 2. The molecule has 1 N–H and O–H groups in total. The molecule has 2 aromatic heterocycles. The first-order chi connectivity index (χ1) is 11.6. The van der Waals surface area contributed by atoms with E-state index in [1.54, 1.807) is 0 Å². The standard InChI is InChI=1S/C18H22N6/c1-12-4-6-20-17(8-12)21-10-15-5-7-24(11-15)18-16(9-19)13(2)14(3)22-23-18/h4,6,8,15H,5,7,10-11H2,1-3H3,(H,20,21)/t15-/m0/s1. The van der Waals surface area contributed by atoms with Crippen LogP contribution in [0.2, 0.25) is 0 Å². The van der Waals surface area contributed by atoms with Gasteiger partial charge in [0.15, 0.2) is 5.82 Å². The Balaban J connectivity index is 1.66. The minimum Gasteiger partial charge on any atom is -0.370 e. The van der Waals surface area contributed by atoms with E-state index in [0.29, 0.717) is 11.5 Å². The summed E-state index contributed by atoms with van der Waals surface area (Å²) in [5.74, 6) is 2.14. The average molecular weight is 322 g/mol. The highest BCUT2D eigenvalue weighted by molar-refractivity contribution is 5.58. The van der Waals surface area contributed by atoms with Crippen molar-refractivity contribution in [1.29, 1.82) is 5.26 Å². The van der Waals surface area contributed by atoms with Gasteiger partial charge in [-0.25, -0.2) is 4.98 Å². The molecule has 0 aromatic carbocycles. The van der Waals surface area contributed by atoms with Crippen molar-refractivity contribution in [3.8, 4) is 6.07 Å². The summed E-state index contributed by atoms with van der Waals surface area (Å²) in [6, 6.07) is 6.33. The summed E-state index contributed by atoms with van der Waals surface area (Å²) in [4.78, 5) is 6.51. The van der Waals surface area contributed by atoms with Crippen LogP contribution in [-0.4, -0.2) is 34.8 Å². The second-order valence-electron chi connectivity index (χ2n) is 6.42. The Bertz CT molecular complexity index is 780. The molecular weight excluding hydrogens is 300 g/mol. The zero-order valence-electron chi connectivity index (χ0n) is 14.4. The van der Waals surface area contributed by atoms with Gasteiger partial charge in [-0.1, -0.05) is 0 Å². The normalized spacial score (nSPS) is 16.9. The lowest BCUT2D eigenvalue weighted by molar-refractivity contribution is 0.620. The van der Waals surface area contributed by atoms with Crippen molar-refractivity contribution in [2.75, 3.05) is 29.9 Å². The lowest BCUT2D eigenvalue weighted by Gasteiger charge is -2.19. The van der Waals surface area contributed by atoms with Crippen LogP contribution in [0.4, 0.5) is 11.6 Å². The molecule has 0 spiro atoms. The number of rotatable bonds is 4. The van der Waals surface area contributed by atoms with Gasteiger partial charge in [-0.3, -0.25) is 0 Å². The predicted octanol–water partition coefficient (Wildman–Crippen LogP) is 2.61. The molecule has 0 radical (unpaired) electrons. The van der Waals surface area contributed by atoms with E-state index in [2.05, 4.69) is 44.5 Å². The van der Waals surface area contributed by atoms with Gasteiger partial charge in [-0.15, -0.1) is 5.10 Å². The predicted molar refractivity (Wildman–Crippen MR) is 94.0 cm³/mol. The number of hydrogen-bond donors (Lipinski definition) is 1. The first kappa shape index (κ1) is 16.2. The maximum Gasteiger partial charge on any atom is 0.169 e. The molecule has 1 fully saturated rings. The van der Waals surface area contributed by atoms with E-state index in [9.17, 15) is 5.26 Å². The molecule has 2 aromatic rings. The number of aromatic nitrogens is 3. The fourth-order valence-electron chi connectivity index (χ4n) is 3.02. The second-order valence-corrected chi connectivity index (χ2v) is 6.42. The molecule has 0 bridgehead atoms. The lowest BCUT2D eigenvalue weighted by atomic mass is 10.1. The molecule has 1 aliphatic heterocycles. The van der Waals surface area contributed by atoms with E-state index in [1.165, 1.54) is 5.56 Å². The van der Waals surface area contributed by atoms with E-state index in [4.69, 9.17) is 0 Å². The molecule has 1 aliphatic rings. The summed E-state index contributed by atoms with van der Waals surface area (Å²) >= 11 is 0. The fourth-order valence-corrected chi connectivity index (χ4v) is 3.02. The van der Waals surface area contributed by atoms with Gasteiger partial charge in [0.05, 0.1) is 5.69 Å². The molecule has 0 unspecified atom stereocenters. The van der Waals surface area contributed by atoms with Gasteiger partial charge in [0.1, 0.15) is 17.5 Å². The van der Waals surface area contributed by atoms with Crippen molar-refractivity contribution < 1.29 is 0 Å². The minimum absolute atomic E-state index is 0.502. The van der Waals surface area contributed by atoms with Gasteiger partial charge in [-0.05, 0) is 56.4 Å². The molecule has 0 amide bonds. The average Bonchev–Trinajstić information content (AvgIpc) is 3.04. The molecule has 3 heterocycles. The quantitative estimate of drug-likeness (QED) is 0.932. The third-order valence-electron chi connectivity index (χ3n) is 4.62. The van der Waals surface area contributed by atoms with E-state index in [1.807, 2.05) is 26.1 Å². The van der Waals surface area contributed by atoms with Gasteiger partial charge in [0, 0.05) is 25.8 Å². The Hall–Kier alpha value is -2.68. The molecule has 0 aliphatic carbocycles. The Morgan fingerprint density at radius 1 is 1.33 bits per heavy atom. The van der Waals surface area contributed by atoms with E-state index < -0.39 is 0 Å². The Labute approximate surface area is 142 Å². The third kappa shape index (κ3) is 3.30. The van der Waals surface area contributed by atoms with E-state index in [-0.39, 0.29) is 0 Å². The van der Waals surface area contributed by atoms with Crippen molar-refractivity contribution in [3.05, 3.63) is 40.7 Å². The molecule has 24 heavy (non-hydrogen) atoms. The maximum atomic E-state index is 9.46. The molecule has 0 saturated carbocycles. The summed E-state index contributed by atoms with van der Waals surface area (Å²) in [5, 5.41) is 21.3. The molecule has 1 atom stereocenters. The van der Waals surface area contributed by atoms with Gasteiger partial charge >= 0.3 is 0 Å². The van der Waals surface area contributed by atoms with E-state index in [0.717, 1.165) is 48.9 Å². The number of nitrogens with one attached hydrogen (secondary N) is 1. The largest absolute Gasteiger partial charge is 0.370 e. The summed E-state index contributed by atoms with van der Waals surface area (Å²) < 4.78 is 0. The summed E-state index contributed by atoms with van der Waals surface area (Å²) in [5.41, 5.74) is 3.59. The van der Waals surface area contributed by atoms with Crippen LogP contribution in [-0.2, 0) is 0 Å². The van der Waals surface area contributed by atoms with Gasteiger partial charge in [0.25, 0.3) is 0 Å². The van der Waals surface area contributed by atoms with Crippen LogP contribution in [0.15, 0.2) is 18.3 Å². The Morgan fingerprint density at radius 3 is 2.92 bits per heavy atom. The van der Waals surface area contributed by atoms with Crippen LogP contribution in [0.5, 0.6) is 0 Å². The van der Waals surface area contributed by atoms with Crippen LogP contribution in [0.3, 0.4) is 0 Å². The van der Waals surface area contributed by atoms with Gasteiger partial charge in [-0.2, -0.15) is 10.4 Å². The first-order valence-electron chi connectivity index (χ1n) is 8.24. The highest BCUT2D eigenvalue weighted by Gasteiger charge is 2.26. The lowest BCUT2D eigenvalue weighted by Crippen LogP contribution is -2.25. The van der Waals surface area contributed by atoms with Crippen LogP contribution in [0, 0.1) is 38.0 Å². The summed E-state index contributed by atoms with van der Waals surface area (Å²) in [7, 11) is 0. The zero-order valence-corrected chi connectivity index (χ0v) is 14.4. The Kier molecular flexibility index (Phi) is 4.61. The number of hydrogen-bond acceptors (Lipinski definition) is 6. The highest BCUT2D eigenvalue weighted by atomic mass is 15.3. The smallest absolute Gasteiger partial charge is 0.169 e. The molecule has 1 saturated heterocycles. The molecular formula is C18H22N6. The van der Waals surface area contributed by atoms with E-state index >= 15 is 0 Å². The third-order valence-corrected chi connectivity index (χ3v) is 4.62. The SMILES string of the molecule is Cc1ccnc(NC[C@@H]2CCN(c3nnc(C)c(C)c3C#N)C2)c1. The summed E-state index contributed by atoms with van der Waals surface area (Å²) in [6.07, 6.45) is 2.89. The second kappa shape index (κ2) is 6.83. The molecule has 6 nitrogen and oxygen atoms in total. The van der Waals surface area contributed by atoms with Crippen LogP contribution in [0.25, 0.3) is 0 Å². The van der Waals surface area contributed by atoms with Crippen molar-refractivity contribution in [1.82, 2.24) is 15.2 Å².